The molecule has 0 bridgehead atoms. The lowest BCUT2D eigenvalue weighted by Crippen LogP contribution is -1.95. The average molecular weight is 237 g/mol. The van der Waals surface area contributed by atoms with Crippen LogP contribution in [0.4, 0.5) is 0 Å². The first-order chi connectivity index (χ1) is 7.74. The van der Waals surface area contributed by atoms with Gasteiger partial charge in [-0.15, -0.1) is 10.2 Å². The Kier molecular flexibility index (Phi) is 3.33. The number of aromatic nitrogens is 3. The van der Waals surface area contributed by atoms with Gasteiger partial charge in [0, 0.05) is 12.8 Å². The maximum atomic E-state index is 5.28. The Morgan fingerprint density at radius 1 is 1.44 bits per heavy atom. The van der Waals surface area contributed by atoms with Crippen molar-refractivity contribution in [3.05, 3.63) is 18.1 Å². The Labute approximate surface area is 99.1 Å². The van der Waals surface area contributed by atoms with Crippen molar-refractivity contribution in [1.29, 1.82) is 0 Å². The number of hydrogen-bond donors (Lipinski definition) is 0. The molecule has 0 radical (unpaired) electrons. The third-order valence-corrected chi connectivity index (χ3v) is 3.60. The molecule has 5 heteroatoms. The number of aryl methyl sites for hydroxylation is 1. The molecule has 0 spiro atoms. The van der Waals surface area contributed by atoms with Crippen molar-refractivity contribution in [2.45, 2.75) is 25.4 Å². The summed E-state index contributed by atoms with van der Waals surface area (Å²) in [5.41, 5.74) is 1.01. The Balaban J connectivity index is 2.30. The van der Waals surface area contributed by atoms with Gasteiger partial charge >= 0.3 is 0 Å². The van der Waals surface area contributed by atoms with Crippen LogP contribution >= 0.6 is 11.8 Å². The second-order valence-electron chi connectivity index (χ2n) is 3.60. The lowest BCUT2D eigenvalue weighted by atomic mass is 10.2. The maximum absolute atomic E-state index is 5.28. The van der Waals surface area contributed by atoms with Crippen LogP contribution in [-0.4, -0.2) is 20.5 Å². The molecular weight excluding hydrogens is 222 g/mol. The minimum Gasteiger partial charge on any atom is -0.469 e. The summed E-state index contributed by atoms with van der Waals surface area (Å²) in [6.07, 6.45) is 2.82. The summed E-state index contributed by atoms with van der Waals surface area (Å²) < 4.78 is 7.29. The molecule has 2 rings (SSSR count). The smallest absolute Gasteiger partial charge is 0.191 e. The molecule has 2 heterocycles. The molecule has 0 aliphatic heterocycles. The van der Waals surface area contributed by atoms with Crippen LogP contribution in [0.1, 0.15) is 19.1 Å². The van der Waals surface area contributed by atoms with Crippen LogP contribution in [0.2, 0.25) is 0 Å². The topological polar surface area (TPSA) is 43.9 Å². The molecule has 0 unspecified atom stereocenters. The van der Waals surface area contributed by atoms with Crippen LogP contribution < -0.4 is 0 Å². The Morgan fingerprint density at radius 3 is 2.88 bits per heavy atom. The molecular formula is C11H15N3OS. The molecule has 2 aromatic heterocycles. The summed E-state index contributed by atoms with van der Waals surface area (Å²) in [5.74, 6) is 2.81. The highest BCUT2D eigenvalue weighted by atomic mass is 32.2. The third-order valence-electron chi connectivity index (χ3n) is 2.37. The SMILES string of the molecule is CCCSc1nnc(-c2ccoc2C)n1C. The van der Waals surface area contributed by atoms with E-state index in [1.54, 1.807) is 18.0 Å². The fourth-order valence-corrected chi connectivity index (χ4v) is 2.25. The number of hydrogen-bond acceptors (Lipinski definition) is 4. The number of rotatable bonds is 4. The van der Waals surface area contributed by atoms with Gasteiger partial charge < -0.3 is 8.98 Å². The first-order valence-electron chi connectivity index (χ1n) is 5.30. The van der Waals surface area contributed by atoms with E-state index in [9.17, 15) is 0 Å². The number of nitrogens with zero attached hydrogens (tertiary/aromatic N) is 3. The van der Waals surface area contributed by atoms with Crippen LogP contribution in [0.15, 0.2) is 21.9 Å². The molecule has 16 heavy (non-hydrogen) atoms. The summed E-state index contributed by atoms with van der Waals surface area (Å²) >= 11 is 1.73. The van der Waals surface area contributed by atoms with Gasteiger partial charge in [0.15, 0.2) is 11.0 Å². The van der Waals surface area contributed by atoms with Crippen molar-refractivity contribution < 1.29 is 4.42 Å². The van der Waals surface area contributed by atoms with Crippen LogP contribution in [0.5, 0.6) is 0 Å². The highest BCUT2D eigenvalue weighted by Crippen LogP contribution is 2.25. The number of thioether (sulfide) groups is 1. The molecule has 0 N–H and O–H groups in total. The molecule has 2 aromatic rings. The van der Waals surface area contributed by atoms with E-state index in [0.29, 0.717) is 0 Å². The van der Waals surface area contributed by atoms with Crippen LogP contribution in [0.3, 0.4) is 0 Å². The fourth-order valence-electron chi connectivity index (χ4n) is 1.49. The highest BCUT2D eigenvalue weighted by Gasteiger charge is 2.14. The Hall–Kier alpha value is -1.23. The Morgan fingerprint density at radius 2 is 2.25 bits per heavy atom. The quantitative estimate of drug-likeness (QED) is 0.767. The third kappa shape index (κ3) is 2.00. The molecule has 0 fully saturated rings. The minimum atomic E-state index is 0.866. The summed E-state index contributed by atoms with van der Waals surface area (Å²) in [5, 5.41) is 9.34. The van der Waals surface area contributed by atoms with Crippen molar-refractivity contribution in [3.63, 3.8) is 0 Å². The molecule has 0 atom stereocenters. The first-order valence-corrected chi connectivity index (χ1v) is 6.29. The van der Waals surface area contributed by atoms with Gasteiger partial charge in [-0.1, -0.05) is 18.7 Å². The predicted molar refractivity (Wildman–Crippen MR) is 64.5 cm³/mol. The van der Waals surface area contributed by atoms with Crippen molar-refractivity contribution >= 4 is 11.8 Å². The zero-order valence-corrected chi connectivity index (χ0v) is 10.5. The average Bonchev–Trinajstić information content (AvgIpc) is 2.83. The van der Waals surface area contributed by atoms with Gasteiger partial charge in [0.1, 0.15) is 5.76 Å². The van der Waals surface area contributed by atoms with E-state index in [4.69, 9.17) is 4.42 Å². The fraction of sp³-hybridized carbons (Fsp3) is 0.455. The second kappa shape index (κ2) is 4.74. The summed E-state index contributed by atoms with van der Waals surface area (Å²) in [6.45, 7) is 4.09. The van der Waals surface area contributed by atoms with E-state index in [-0.39, 0.29) is 0 Å². The molecule has 0 aromatic carbocycles. The first kappa shape index (κ1) is 11.3. The lowest BCUT2D eigenvalue weighted by Gasteiger charge is -2.01. The highest BCUT2D eigenvalue weighted by molar-refractivity contribution is 7.99. The van der Waals surface area contributed by atoms with Gasteiger partial charge in [0.05, 0.1) is 11.8 Å². The van der Waals surface area contributed by atoms with Crippen molar-refractivity contribution in [2.75, 3.05) is 5.75 Å². The lowest BCUT2D eigenvalue weighted by molar-refractivity contribution is 0.534. The molecule has 0 aliphatic carbocycles. The minimum absolute atomic E-state index is 0.866. The predicted octanol–water partition coefficient (Wildman–Crippen LogP) is 2.89. The molecule has 0 saturated carbocycles. The largest absolute Gasteiger partial charge is 0.469 e. The Bertz CT molecular complexity index is 475. The van der Waals surface area contributed by atoms with Gasteiger partial charge in [0.2, 0.25) is 0 Å². The molecule has 0 aliphatic rings. The van der Waals surface area contributed by atoms with Crippen LogP contribution in [0.25, 0.3) is 11.4 Å². The van der Waals surface area contributed by atoms with E-state index in [1.807, 2.05) is 24.6 Å². The van der Waals surface area contributed by atoms with E-state index >= 15 is 0 Å². The van der Waals surface area contributed by atoms with Gasteiger partial charge in [0.25, 0.3) is 0 Å². The summed E-state index contributed by atoms with van der Waals surface area (Å²) in [7, 11) is 1.99. The van der Waals surface area contributed by atoms with Gasteiger partial charge in [-0.25, -0.2) is 0 Å². The maximum Gasteiger partial charge on any atom is 0.191 e. The van der Waals surface area contributed by atoms with Crippen molar-refractivity contribution in [3.8, 4) is 11.4 Å². The molecule has 0 saturated heterocycles. The second-order valence-corrected chi connectivity index (χ2v) is 4.67. The molecule has 4 nitrogen and oxygen atoms in total. The normalized spacial score (nSPS) is 10.9. The standard InChI is InChI=1S/C11H15N3OS/c1-4-7-16-11-13-12-10(14(11)3)9-5-6-15-8(9)2/h5-6H,4,7H2,1-3H3. The molecule has 0 amide bonds. The van der Waals surface area contributed by atoms with Crippen LogP contribution in [-0.2, 0) is 7.05 Å². The van der Waals surface area contributed by atoms with E-state index in [1.165, 1.54) is 0 Å². The summed E-state index contributed by atoms with van der Waals surface area (Å²) in [4.78, 5) is 0. The molecule has 86 valence electrons. The van der Waals surface area contributed by atoms with Gasteiger partial charge in [-0.2, -0.15) is 0 Å². The summed E-state index contributed by atoms with van der Waals surface area (Å²) in [6, 6.07) is 1.92. The van der Waals surface area contributed by atoms with Crippen molar-refractivity contribution in [2.24, 2.45) is 7.05 Å². The number of furan rings is 1. The van der Waals surface area contributed by atoms with E-state index < -0.39 is 0 Å². The van der Waals surface area contributed by atoms with E-state index in [2.05, 4.69) is 17.1 Å². The zero-order valence-electron chi connectivity index (χ0n) is 9.73. The van der Waals surface area contributed by atoms with Crippen molar-refractivity contribution in [1.82, 2.24) is 14.8 Å². The van der Waals surface area contributed by atoms with E-state index in [0.717, 1.165) is 34.5 Å². The van der Waals surface area contributed by atoms with Gasteiger partial charge in [-0.05, 0) is 19.4 Å². The van der Waals surface area contributed by atoms with Gasteiger partial charge in [-0.3, -0.25) is 0 Å². The zero-order chi connectivity index (χ0) is 11.5. The monoisotopic (exact) mass is 237 g/mol. The van der Waals surface area contributed by atoms with Crippen LogP contribution in [0, 0.1) is 6.92 Å².